The van der Waals surface area contributed by atoms with E-state index in [4.69, 9.17) is 5.11 Å². The van der Waals surface area contributed by atoms with Crippen LogP contribution in [0.25, 0.3) is 0 Å². The summed E-state index contributed by atoms with van der Waals surface area (Å²) in [6.45, 7) is 3.88. The maximum Gasteiger partial charge on any atom is 0.306 e. The van der Waals surface area contributed by atoms with E-state index in [1.165, 1.54) is 12.8 Å². The predicted molar refractivity (Wildman–Crippen MR) is 50.1 cm³/mol. The Morgan fingerprint density at radius 1 is 1.50 bits per heavy atom. The highest BCUT2D eigenvalue weighted by atomic mass is 16.4. The molecule has 0 aliphatic rings. The van der Waals surface area contributed by atoms with Gasteiger partial charge in [-0.05, 0) is 12.8 Å². The van der Waals surface area contributed by atoms with Gasteiger partial charge in [0.2, 0.25) is 0 Å². The Morgan fingerprint density at radius 3 is 2.67 bits per heavy atom. The maximum absolute atomic E-state index is 10.4. The summed E-state index contributed by atoms with van der Waals surface area (Å²) in [5.41, 5.74) is 0. The first-order chi connectivity index (χ1) is 5.68. The lowest BCUT2D eigenvalue weighted by atomic mass is 10.1. The van der Waals surface area contributed by atoms with E-state index in [0.717, 1.165) is 6.42 Å². The lowest BCUT2D eigenvalue weighted by molar-refractivity contribution is -0.140. The van der Waals surface area contributed by atoms with Gasteiger partial charge in [-0.1, -0.05) is 38.8 Å². The molecule has 0 aromatic carbocycles. The SMILES string of the molecule is CCCC/C=C/C[C@@H](C)C(=O)O. The number of rotatable bonds is 6. The van der Waals surface area contributed by atoms with Crippen molar-refractivity contribution in [2.75, 3.05) is 0 Å². The molecule has 2 heteroatoms. The number of carboxylic acids is 1. The van der Waals surface area contributed by atoms with Crippen molar-refractivity contribution in [3.05, 3.63) is 12.2 Å². The summed E-state index contributed by atoms with van der Waals surface area (Å²) in [5, 5.41) is 8.55. The van der Waals surface area contributed by atoms with Gasteiger partial charge in [0.05, 0.1) is 5.92 Å². The minimum Gasteiger partial charge on any atom is -0.481 e. The summed E-state index contributed by atoms with van der Waals surface area (Å²) in [6, 6.07) is 0. The van der Waals surface area contributed by atoms with Gasteiger partial charge < -0.3 is 5.11 Å². The highest BCUT2D eigenvalue weighted by Crippen LogP contribution is 2.04. The Morgan fingerprint density at radius 2 is 2.17 bits per heavy atom. The van der Waals surface area contributed by atoms with Gasteiger partial charge in [-0.2, -0.15) is 0 Å². The van der Waals surface area contributed by atoms with E-state index in [0.29, 0.717) is 6.42 Å². The highest BCUT2D eigenvalue weighted by Gasteiger charge is 2.06. The van der Waals surface area contributed by atoms with Gasteiger partial charge in [0.1, 0.15) is 0 Å². The predicted octanol–water partition coefficient (Wildman–Crippen LogP) is 2.84. The molecule has 0 aliphatic heterocycles. The molecule has 0 amide bonds. The summed E-state index contributed by atoms with van der Waals surface area (Å²) in [6.07, 6.45) is 8.15. The summed E-state index contributed by atoms with van der Waals surface area (Å²) >= 11 is 0. The summed E-state index contributed by atoms with van der Waals surface area (Å²) in [4.78, 5) is 10.4. The number of aliphatic carboxylic acids is 1. The smallest absolute Gasteiger partial charge is 0.306 e. The Kier molecular flexibility index (Phi) is 6.44. The van der Waals surface area contributed by atoms with Crippen LogP contribution in [-0.4, -0.2) is 11.1 Å². The summed E-state index contributed by atoms with van der Waals surface area (Å²) < 4.78 is 0. The number of hydrogen-bond acceptors (Lipinski definition) is 1. The number of allylic oxidation sites excluding steroid dienone is 2. The van der Waals surface area contributed by atoms with E-state index in [1.54, 1.807) is 6.92 Å². The molecule has 0 spiro atoms. The van der Waals surface area contributed by atoms with Crippen LogP contribution in [0.3, 0.4) is 0 Å². The van der Waals surface area contributed by atoms with Crippen LogP contribution in [0.15, 0.2) is 12.2 Å². The molecule has 0 radical (unpaired) electrons. The molecular weight excluding hydrogens is 152 g/mol. The second-order valence-corrected chi connectivity index (χ2v) is 3.09. The van der Waals surface area contributed by atoms with Crippen LogP contribution in [-0.2, 0) is 4.79 Å². The number of carbonyl (C=O) groups is 1. The Labute approximate surface area is 74.3 Å². The molecule has 0 aromatic heterocycles. The molecule has 0 aliphatic carbocycles. The molecule has 0 unspecified atom stereocenters. The molecule has 1 atom stereocenters. The van der Waals surface area contributed by atoms with Crippen molar-refractivity contribution in [3.63, 3.8) is 0 Å². The number of hydrogen-bond donors (Lipinski definition) is 1. The second-order valence-electron chi connectivity index (χ2n) is 3.09. The standard InChI is InChI=1S/C10H18O2/c1-3-4-5-6-7-8-9(2)10(11)12/h6-7,9H,3-5,8H2,1-2H3,(H,11,12)/b7-6+/t9-/m1/s1. The van der Waals surface area contributed by atoms with Gasteiger partial charge in [0.15, 0.2) is 0 Å². The van der Waals surface area contributed by atoms with Gasteiger partial charge >= 0.3 is 5.97 Å². The zero-order valence-electron chi connectivity index (χ0n) is 7.92. The van der Waals surface area contributed by atoms with Crippen LogP contribution >= 0.6 is 0 Å². The van der Waals surface area contributed by atoms with E-state index >= 15 is 0 Å². The lowest BCUT2D eigenvalue weighted by Gasteiger charge is -1.99. The molecule has 0 aromatic rings. The van der Waals surface area contributed by atoms with Gasteiger partial charge in [-0.3, -0.25) is 4.79 Å². The van der Waals surface area contributed by atoms with Crippen molar-refractivity contribution in [2.24, 2.45) is 5.92 Å². The topological polar surface area (TPSA) is 37.3 Å². The first kappa shape index (κ1) is 11.2. The third kappa shape index (κ3) is 5.96. The van der Waals surface area contributed by atoms with Crippen molar-refractivity contribution < 1.29 is 9.90 Å². The van der Waals surface area contributed by atoms with E-state index in [9.17, 15) is 4.79 Å². The molecule has 2 nitrogen and oxygen atoms in total. The molecule has 0 saturated carbocycles. The molecular formula is C10H18O2. The number of carboxylic acid groups (broad SMARTS) is 1. The highest BCUT2D eigenvalue weighted by molar-refractivity contribution is 5.69. The van der Waals surface area contributed by atoms with Gasteiger partial charge in [0.25, 0.3) is 0 Å². The minimum absolute atomic E-state index is 0.247. The average molecular weight is 170 g/mol. The van der Waals surface area contributed by atoms with Crippen molar-refractivity contribution in [1.29, 1.82) is 0 Å². The van der Waals surface area contributed by atoms with Gasteiger partial charge in [-0.25, -0.2) is 0 Å². The van der Waals surface area contributed by atoms with Crippen molar-refractivity contribution >= 4 is 5.97 Å². The molecule has 0 saturated heterocycles. The molecule has 70 valence electrons. The second kappa shape index (κ2) is 6.89. The van der Waals surface area contributed by atoms with Crippen molar-refractivity contribution in [3.8, 4) is 0 Å². The van der Waals surface area contributed by atoms with Crippen LogP contribution in [0.2, 0.25) is 0 Å². The fourth-order valence-electron chi connectivity index (χ4n) is 0.841. The summed E-state index contributed by atoms with van der Waals surface area (Å²) in [5.74, 6) is -0.960. The van der Waals surface area contributed by atoms with Crippen LogP contribution in [0.5, 0.6) is 0 Å². The third-order valence-electron chi connectivity index (χ3n) is 1.80. The van der Waals surface area contributed by atoms with E-state index in [1.807, 2.05) is 6.08 Å². The summed E-state index contributed by atoms with van der Waals surface area (Å²) in [7, 11) is 0. The Balaban J connectivity index is 3.40. The van der Waals surface area contributed by atoms with Crippen LogP contribution in [0, 0.1) is 5.92 Å². The van der Waals surface area contributed by atoms with Crippen LogP contribution < -0.4 is 0 Å². The van der Waals surface area contributed by atoms with Gasteiger partial charge in [0, 0.05) is 0 Å². The zero-order valence-corrected chi connectivity index (χ0v) is 7.92. The first-order valence-electron chi connectivity index (χ1n) is 4.56. The van der Waals surface area contributed by atoms with Crippen LogP contribution in [0.1, 0.15) is 39.5 Å². The zero-order chi connectivity index (χ0) is 9.40. The van der Waals surface area contributed by atoms with E-state index in [2.05, 4.69) is 13.0 Å². The monoisotopic (exact) mass is 170 g/mol. The molecule has 12 heavy (non-hydrogen) atoms. The minimum atomic E-state index is -0.713. The molecule has 0 heterocycles. The Hall–Kier alpha value is -0.790. The number of unbranched alkanes of at least 4 members (excludes halogenated alkanes) is 2. The van der Waals surface area contributed by atoms with Crippen molar-refractivity contribution in [1.82, 2.24) is 0 Å². The fraction of sp³-hybridized carbons (Fsp3) is 0.700. The molecule has 0 rings (SSSR count). The normalized spacial score (nSPS) is 13.5. The molecule has 1 N–H and O–H groups in total. The Bertz CT molecular complexity index is 150. The van der Waals surface area contributed by atoms with E-state index < -0.39 is 5.97 Å². The van der Waals surface area contributed by atoms with Gasteiger partial charge in [-0.15, -0.1) is 0 Å². The van der Waals surface area contributed by atoms with E-state index in [-0.39, 0.29) is 5.92 Å². The molecule has 0 fully saturated rings. The third-order valence-corrected chi connectivity index (χ3v) is 1.80. The molecule has 0 bridgehead atoms. The first-order valence-corrected chi connectivity index (χ1v) is 4.56. The van der Waals surface area contributed by atoms with Crippen molar-refractivity contribution in [2.45, 2.75) is 39.5 Å². The van der Waals surface area contributed by atoms with Crippen LogP contribution in [0.4, 0.5) is 0 Å². The fourth-order valence-corrected chi connectivity index (χ4v) is 0.841. The largest absolute Gasteiger partial charge is 0.481 e. The quantitative estimate of drug-likeness (QED) is 0.491. The average Bonchev–Trinajstić information content (AvgIpc) is 2.03. The maximum atomic E-state index is 10.4. The lowest BCUT2D eigenvalue weighted by Crippen LogP contribution is -2.07.